The van der Waals surface area contributed by atoms with Crippen LogP contribution in [-0.2, 0) is 6.42 Å². The zero-order chi connectivity index (χ0) is 9.42. The van der Waals surface area contributed by atoms with Gasteiger partial charge in [0, 0.05) is 6.42 Å². The van der Waals surface area contributed by atoms with Gasteiger partial charge in [-0.05, 0) is 23.5 Å². The molecular formula is C9H11BO3. The summed E-state index contributed by atoms with van der Waals surface area (Å²) in [5.74, 6) is 0.907. The van der Waals surface area contributed by atoms with Crippen molar-refractivity contribution in [1.29, 1.82) is 0 Å². The van der Waals surface area contributed by atoms with Crippen LogP contribution in [0.3, 0.4) is 0 Å². The SMILES string of the molecule is Cc1cc(B(O)O)cc2c1OCC2. The van der Waals surface area contributed by atoms with Crippen LogP contribution in [0.4, 0.5) is 0 Å². The van der Waals surface area contributed by atoms with Crippen molar-refractivity contribution in [2.24, 2.45) is 0 Å². The lowest BCUT2D eigenvalue weighted by Gasteiger charge is -2.06. The van der Waals surface area contributed by atoms with Crippen LogP contribution < -0.4 is 10.2 Å². The molecule has 1 aliphatic rings. The van der Waals surface area contributed by atoms with Gasteiger partial charge in [0.15, 0.2) is 0 Å². The highest BCUT2D eigenvalue weighted by molar-refractivity contribution is 6.58. The van der Waals surface area contributed by atoms with Crippen molar-refractivity contribution >= 4 is 12.6 Å². The van der Waals surface area contributed by atoms with E-state index in [0.29, 0.717) is 12.1 Å². The van der Waals surface area contributed by atoms with Crippen molar-refractivity contribution in [3.8, 4) is 5.75 Å². The van der Waals surface area contributed by atoms with E-state index in [1.54, 1.807) is 12.1 Å². The predicted molar refractivity (Wildman–Crippen MR) is 50.2 cm³/mol. The maximum absolute atomic E-state index is 8.99. The van der Waals surface area contributed by atoms with Crippen LogP contribution in [0.5, 0.6) is 5.75 Å². The first-order chi connectivity index (χ1) is 6.18. The first-order valence-corrected chi connectivity index (χ1v) is 4.31. The summed E-state index contributed by atoms with van der Waals surface area (Å²) in [5, 5.41) is 18.0. The fourth-order valence-electron chi connectivity index (χ4n) is 1.68. The second kappa shape index (κ2) is 3.05. The molecule has 0 fully saturated rings. The molecule has 4 heteroatoms. The molecule has 68 valence electrons. The molecule has 2 rings (SSSR count). The summed E-state index contributed by atoms with van der Waals surface area (Å²) in [5.41, 5.74) is 2.59. The summed E-state index contributed by atoms with van der Waals surface area (Å²) in [4.78, 5) is 0. The monoisotopic (exact) mass is 178 g/mol. The molecule has 0 bridgehead atoms. The van der Waals surface area contributed by atoms with Crippen LogP contribution in [0.2, 0.25) is 0 Å². The third-order valence-electron chi connectivity index (χ3n) is 2.29. The highest BCUT2D eigenvalue weighted by atomic mass is 16.5. The van der Waals surface area contributed by atoms with Gasteiger partial charge in [-0.3, -0.25) is 0 Å². The second-order valence-electron chi connectivity index (χ2n) is 3.30. The first kappa shape index (κ1) is 8.60. The fourth-order valence-corrected chi connectivity index (χ4v) is 1.68. The molecule has 2 N–H and O–H groups in total. The normalized spacial score (nSPS) is 13.8. The minimum absolute atomic E-state index is 0.543. The van der Waals surface area contributed by atoms with Gasteiger partial charge in [0.1, 0.15) is 5.75 Å². The van der Waals surface area contributed by atoms with Crippen molar-refractivity contribution in [2.75, 3.05) is 6.61 Å². The van der Waals surface area contributed by atoms with Gasteiger partial charge in [0.25, 0.3) is 0 Å². The molecule has 0 saturated carbocycles. The number of hydrogen-bond donors (Lipinski definition) is 2. The average molecular weight is 178 g/mol. The van der Waals surface area contributed by atoms with Crippen LogP contribution in [0.15, 0.2) is 12.1 Å². The van der Waals surface area contributed by atoms with E-state index in [1.807, 2.05) is 6.92 Å². The van der Waals surface area contributed by atoms with E-state index >= 15 is 0 Å². The molecule has 1 aromatic rings. The number of benzene rings is 1. The van der Waals surface area contributed by atoms with Gasteiger partial charge in [-0.2, -0.15) is 0 Å². The Kier molecular flexibility index (Phi) is 2.02. The van der Waals surface area contributed by atoms with Crippen LogP contribution in [-0.4, -0.2) is 23.8 Å². The third-order valence-corrected chi connectivity index (χ3v) is 2.29. The Morgan fingerprint density at radius 1 is 1.38 bits per heavy atom. The van der Waals surface area contributed by atoms with Gasteiger partial charge in [-0.25, -0.2) is 0 Å². The molecule has 0 aliphatic carbocycles. The van der Waals surface area contributed by atoms with E-state index < -0.39 is 7.12 Å². The summed E-state index contributed by atoms with van der Waals surface area (Å²) in [6.07, 6.45) is 0.858. The molecule has 13 heavy (non-hydrogen) atoms. The molecule has 0 aromatic heterocycles. The summed E-state index contributed by atoms with van der Waals surface area (Å²) in [6, 6.07) is 3.54. The summed E-state index contributed by atoms with van der Waals surface area (Å²) in [6.45, 7) is 2.61. The number of aryl methyl sites for hydroxylation is 1. The van der Waals surface area contributed by atoms with Gasteiger partial charge in [0.2, 0.25) is 0 Å². The lowest BCUT2D eigenvalue weighted by Crippen LogP contribution is -2.30. The number of rotatable bonds is 1. The predicted octanol–water partition coefficient (Wildman–Crippen LogP) is -0.390. The molecule has 0 amide bonds. The molecule has 0 unspecified atom stereocenters. The Hall–Kier alpha value is -0.995. The molecule has 0 radical (unpaired) electrons. The highest BCUT2D eigenvalue weighted by Gasteiger charge is 2.19. The molecular weight excluding hydrogens is 167 g/mol. The van der Waals surface area contributed by atoms with Gasteiger partial charge in [-0.1, -0.05) is 12.1 Å². The van der Waals surface area contributed by atoms with E-state index in [2.05, 4.69) is 0 Å². The lowest BCUT2D eigenvalue weighted by molar-refractivity contribution is 0.354. The Morgan fingerprint density at radius 2 is 2.15 bits per heavy atom. The molecule has 1 aliphatic heterocycles. The van der Waals surface area contributed by atoms with Gasteiger partial charge in [0.05, 0.1) is 6.61 Å². The molecule has 1 aromatic carbocycles. The van der Waals surface area contributed by atoms with E-state index in [0.717, 1.165) is 23.3 Å². The quantitative estimate of drug-likeness (QED) is 0.575. The summed E-state index contributed by atoms with van der Waals surface area (Å²) < 4.78 is 5.40. The van der Waals surface area contributed by atoms with Crippen molar-refractivity contribution in [3.63, 3.8) is 0 Å². The zero-order valence-electron chi connectivity index (χ0n) is 7.45. The van der Waals surface area contributed by atoms with Gasteiger partial charge < -0.3 is 14.8 Å². The van der Waals surface area contributed by atoms with Crippen LogP contribution in [0, 0.1) is 6.92 Å². The van der Waals surface area contributed by atoms with E-state index in [-0.39, 0.29) is 0 Å². The maximum atomic E-state index is 8.99. The first-order valence-electron chi connectivity index (χ1n) is 4.31. The largest absolute Gasteiger partial charge is 0.493 e. The average Bonchev–Trinajstić information content (AvgIpc) is 2.51. The summed E-state index contributed by atoms with van der Waals surface area (Å²) >= 11 is 0. The van der Waals surface area contributed by atoms with E-state index in [9.17, 15) is 0 Å². The number of hydrogen-bond acceptors (Lipinski definition) is 3. The Balaban J connectivity index is 2.49. The van der Waals surface area contributed by atoms with E-state index in [1.165, 1.54) is 0 Å². The fraction of sp³-hybridized carbons (Fsp3) is 0.333. The van der Waals surface area contributed by atoms with Crippen molar-refractivity contribution < 1.29 is 14.8 Å². The number of fused-ring (bicyclic) bond motifs is 1. The Morgan fingerprint density at radius 3 is 2.85 bits per heavy atom. The summed E-state index contributed by atoms with van der Waals surface area (Å²) in [7, 11) is -1.38. The van der Waals surface area contributed by atoms with Gasteiger partial charge >= 0.3 is 7.12 Å². The van der Waals surface area contributed by atoms with Crippen LogP contribution in [0.25, 0.3) is 0 Å². The van der Waals surface area contributed by atoms with Crippen molar-refractivity contribution in [1.82, 2.24) is 0 Å². The van der Waals surface area contributed by atoms with E-state index in [4.69, 9.17) is 14.8 Å². The lowest BCUT2D eigenvalue weighted by atomic mass is 9.78. The van der Waals surface area contributed by atoms with Crippen molar-refractivity contribution in [2.45, 2.75) is 13.3 Å². The smallest absolute Gasteiger partial charge is 0.488 e. The molecule has 0 spiro atoms. The maximum Gasteiger partial charge on any atom is 0.488 e. The third kappa shape index (κ3) is 1.43. The molecule has 0 saturated heterocycles. The molecule has 1 heterocycles. The second-order valence-corrected chi connectivity index (χ2v) is 3.30. The van der Waals surface area contributed by atoms with Crippen LogP contribution in [0.1, 0.15) is 11.1 Å². The minimum Gasteiger partial charge on any atom is -0.493 e. The molecule has 3 nitrogen and oxygen atoms in total. The van der Waals surface area contributed by atoms with Crippen LogP contribution >= 0.6 is 0 Å². The minimum atomic E-state index is -1.38. The topological polar surface area (TPSA) is 49.7 Å². The highest BCUT2D eigenvalue weighted by Crippen LogP contribution is 2.27. The Bertz CT molecular complexity index is 336. The van der Waals surface area contributed by atoms with Gasteiger partial charge in [-0.15, -0.1) is 0 Å². The Labute approximate surface area is 77.1 Å². The standard InChI is InChI=1S/C9H11BO3/c1-6-4-8(10(11)12)5-7-2-3-13-9(6)7/h4-5,11-12H,2-3H2,1H3. The van der Waals surface area contributed by atoms with Crippen molar-refractivity contribution in [3.05, 3.63) is 23.3 Å². The molecule has 0 atom stereocenters. The number of ether oxygens (including phenoxy) is 1. The zero-order valence-corrected chi connectivity index (χ0v) is 7.45.